The number of benzene rings is 1. The molecule has 1 unspecified atom stereocenters. The van der Waals surface area contributed by atoms with Crippen LogP contribution in [0.15, 0.2) is 36.5 Å². The van der Waals surface area contributed by atoms with Crippen molar-refractivity contribution >= 4 is 23.3 Å². The van der Waals surface area contributed by atoms with E-state index in [9.17, 15) is 0 Å². The molecule has 1 aromatic heterocycles. The molecule has 0 fully saturated rings. The fraction of sp³-hybridized carbons (Fsp3) is 0.278. The molecule has 21 heavy (non-hydrogen) atoms. The van der Waals surface area contributed by atoms with Crippen molar-refractivity contribution in [3.8, 4) is 0 Å². The van der Waals surface area contributed by atoms with Crippen LogP contribution >= 0.6 is 11.6 Å². The highest BCUT2D eigenvalue weighted by molar-refractivity contribution is 6.30. The first-order valence-electron chi connectivity index (χ1n) is 7.27. The second-order valence-electron chi connectivity index (χ2n) is 5.43. The Balaban J connectivity index is 2.19. The fourth-order valence-electron chi connectivity index (χ4n) is 2.99. The molecule has 2 nitrogen and oxygen atoms in total. The Kier molecular flexibility index (Phi) is 4.09. The lowest BCUT2D eigenvalue weighted by atomic mass is 9.92. The van der Waals surface area contributed by atoms with Gasteiger partial charge >= 0.3 is 0 Å². The van der Waals surface area contributed by atoms with E-state index in [1.807, 2.05) is 24.4 Å². The lowest BCUT2D eigenvalue weighted by Crippen LogP contribution is -2.02. The van der Waals surface area contributed by atoms with Gasteiger partial charge in [-0.3, -0.25) is 4.98 Å². The first-order chi connectivity index (χ1) is 10.2. The average Bonchev–Trinajstić information content (AvgIpc) is 2.61. The fourth-order valence-corrected chi connectivity index (χ4v) is 3.17. The maximum atomic E-state index is 9.14. The Morgan fingerprint density at radius 2 is 2.14 bits per heavy atom. The van der Waals surface area contributed by atoms with Crippen molar-refractivity contribution in [1.29, 1.82) is 0 Å². The van der Waals surface area contributed by atoms with E-state index in [0.717, 1.165) is 29.1 Å². The monoisotopic (exact) mass is 299 g/mol. The van der Waals surface area contributed by atoms with Gasteiger partial charge in [0, 0.05) is 23.7 Å². The highest BCUT2D eigenvalue weighted by atomic mass is 35.5. The first kappa shape index (κ1) is 14.3. The molecule has 3 heteroatoms. The minimum Gasteiger partial charge on any atom is -0.396 e. The topological polar surface area (TPSA) is 33.1 Å². The van der Waals surface area contributed by atoms with Gasteiger partial charge in [-0.1, -0.05) is 36.7 Å². The minimum atomic E-state index is 0.199. The van der Waals surface area contributed by atoms with E-state index in [4.69, 9.17) is 16.7 Å². The molecule has 2 aromatic rings. The van der Waals surface area contributed by atoms with E-state index in [0.29, 0.717) is 0 Å². The molecule has 1 N–H and O–H groups in total. The van der Waals surface area contributed by atoms with Crippen molar-refractivity contribution in [2.75, 3.05) is 6.61 Å². The molecular weight excluding hydrogens is 282 g/mol. The molecule has 1 heterocycles. The Labute approximate surface area is 130 Å². The Morgan fingerprint density at radius 1 is 1.29 bits per heavy atom. The molecule has 1 aliphatic carbocycles. The number of hydrogen-bond acceptors (Lipinski definition) is 2. The maximum Gasteiger partial charge on any atom is 0.0550 e. The predicted octanol–water partition coefficient (Wildman–Crippen LogP) is 4.51. The Hall–Kier alpha value is -1.64. The van der Waals surface area contributed by atoms with E-state index in [1.54, 1.807) is 0 Å². The third kappa shape index (κ3) is 2.74. The zero-order valence-corrected chi connectivity index (χ0v) is 12.8. The van der Waals surface area contributed by atoms with Crippen LogP contribution < -0.4 is 0 Å². The quantitative estimate of drug-likeness (QED) is 0.904. The molecule has 0 radical (unpaired) electrons. The normalized spacial score (nSPS) is 16.7. The van der Waals surface area contributed by atoms with Crippen molar-refractivity contribution in [1.82, 2.24) is 4.98 Å². The number of fused-ring (bicyclic) bond motifs is 2. The SMILES string of the molecule is CC1c2ccc(Cl)cc2C=C(CCCO)c2cccnc21. The zero-order chi connectivity index (χ0) is 14.8. The lowest BCUT2D eigenvalue weighted by molar-refractivity contribution is 0.290. The van der Waals surface area contributed by atoms with Gasteiger partial charge in [0.2, 0.25) is 0 Å². The molecule has 1 aliphatic rings. The number of allylic oxidation sites excluding steroid dienone is 1. The first-order valence-corrected chi connectivity index (χ1v) is 7.64. The van der Waals surface area contributed by atoms with Gasteiger partial charge in [0.25, 0.3) is 0 Å². The summed E-state index contributed by atoms with van der Waals surface area (Å²) < 4.78 is 0. The molecule has 1 atom stereocenters. The smallest absolute Gasteiger partial charge is 0.0550 e. The van der Waals surface area contributed by atoms with Gasteiger partial charge in [0.1, 0.15) is 0 Å². The molecule has 0 bridgehead atoms. The van der Waals surface area contributed by atoms with Crippen molar-refractivity contribution in [2.45, 2.75) is 25.7 Å². The van der Waals surface area contributed by atoms with Crippen LogP contribution in [0.2, 0.25) is 5.02 Å². The number of aromatic nitrogens is 1. The van der Waals surface area contributed by atoms with Gasteiger partial charge in [0.15, 0.2) is 0 Å². The van der Waals surface area contributed by atoms with Gasteiger partial charge in [-0.15, -0.1) is 0 Å². The van der Waals surface area contributed by atoms with Crippen molar-refractivity contribution < 1.29 is 5.11 Å². The Morgan fingerprint density at radius 3 is 2.95 bits per heavy atom. The Bertz CT molecular complexity index is 693. The highest BCUT2D eigenvalue weighted by Crippen LogP contribution is 2.38. The van der Waals surface area contributed by atoms with Gasteiger partial charge in [-0.05, 0) is 53.3 Å². The molecule has 0 amide bonds. The summed E-state index contributed by atoms with van der Waals surface area (Å²) in [4.78, 5) is 4.60. The number of nitrogens with zero attached hydrogens (tertiary/aromatic N) is 1. The van der Waals surface area contributed by atoms with Crippen LogP contribution in [0.5, 0.6) is 0 Å². The summed E-state index contributed by atoms with van der Waals surface area (Å²) in [6.07, 6.45) is 5.64. The van der Waals surface area contributed by atoms with E-state index in [1.165, 1.54) is 16.7 Å². The van der Waals surface area contributed by atoms with Crippen LogP contribution in [0.25, 0.3) is 11.6 Å². The molecule has 0 spiro atoms. The largest absolute Gasteiger partial charge is 0.396 e. The molecular formula is C18H18ClNO. The second kappa shape index (κ2) is 6.00. The van der Waals surface area contributed by atoms with Crippen LogP contribution in [0, 0.1) is 0 Å². The standard InChI is InChI=1S/C18H18ClNO/c1-12-16-7-6-15(19)11-14(16)10-13(4-3-9-21)17-5-2-8-20-18(12)17/h2,5-8,10-12,21H,3-4,9H2,1H3. The molecule has 108 valence electrons. The second-order valence-corrected chi connectivity index (χ2v) is 5.86. The lowest BCUT2D eigenvalue weighted by Gasteiger charge is -2.15. The van der Waals surface area contributed by atoms with Gasteiger partial charge in [-0.2, -0.15) is 0 Å². The average molecular weight is 300 g/mol. The summed E-state index contributed by atoms with van der Waals surface area (Å²) >= 11 is 6.16. The van der Waals surface area contributed by atoms with Gasteiger partial charge in [0.05, 0.1) is 5.69 Å². The van der Waals surface area contributed by atoms with Crippen LogP contribution in [0.4, 0.5) is 0 Å². The summed E-state index contributed by atoms with van der Waals surface area (Å²) in [5, 5.41) is 9.89. The summed E-state index contributed by atoms with van der Waals surface area (Å²) in [6, 6.07) is 10.1. The summed E-state index contributed by atoms with van der Waals surface area (Å²) in [5.41, 5.74) is 5.91. The zero-order valence-electron chi connectivity index (χ0n) is 12.0. The van der Waals surface area contributed by atoms with E-state index in [-0.39, 0.29) is 12.5 Å². The summed E-state index contributed by atoms with van der Waals surface area (Å²) in [7, 11) is 0. The van der Waals surface area contributed by atoms with E-state index in [2.05, 4.69) is 30.1 Å². The third-order valence-electron chi connectivity index (χ3n) is 4.04. The third-order valence-corrected chi connectivity index (χ3v) is 4.28. The number of hydrogen-bond donors (Lipinski definition) is 1. The van der Waals surface area contributed by atoms with E-state index < -0.39 is 0 Å². The van der Waals surface area contributed by atoms with Gasteiger partial charge in [-0.25, -0.2) is 0 Å². The van der Waals surface area contributed by atoms with Crippen LogP contribution in [0.3, 0.4) is 0 Å². The number of aliphatic hydroxyl groups is 1. The predicted molar refractivity (Wildman–Crippen MR) is 87.4 cm³/mol. The molecule has 1 aromatic carbocycles. The number of halogens is 1. The highest BCUT2D eigenvalue weighted by Gasteiger charge is 2.22. The van der Waals surface area contributed by atoms with Crippen molar-refractivity contribution in [3.63, 3.8) is 0 Å². The molecule has 0 saturated heterocycles. The van der Waals surface area contributed by atoms with Crippen LogP contribution in [-0.4, -0.2) is 16.7 Å². The van der Waals surface area contributed by atoms with Gasteiger partial charge < -0.3 is 5.11 Å². The molecule has 3 rings (SSSR count). The molecule has 0 aliphatic heterocycles. The number of aliphatic hydroxyl groups excluding tert-OH is 1. The number of pyridine rings is 1. The summed E-state index contributed by atoms with van der Waals surface area (Å²) in [6.45, 7) is 2.38. The van der Waals surface area contributed by atoms with Crippen molar-refractivity contribution in [2.24, 2.45) is 0 Å². The maximum absolute atomic E-state index is 9.14. The number of rotatable bonds is 3. The summed E-state index contributed by atoms with van der Waals surface area (Å²) in [5.74, 6) is 0.233. The van der Waals surface area contributed by atoms with Crippen molar-refractivity contribution in [3.05, 3.63) is 63.9 Å². The van der Waals surface area contributed by atoms with Crippen LogP contribution in [0.1, 0.15) is 48.1 Å². The van der Waals surface area contributed by atoms with Crippen LogP contribution in [-0.2, 0) is 0 Å². The molecule has 0 saturated carbocycles. The van der Waals surface area contributed by atoms with E-state index >= 15 is 0 Å². The minimum absolute atomic E-state index is 0.199.